The van der Waals surface area contributed by atoms with Gasteiger partial charge in [0, 0.05) is 31.6 Å². The molecule has 0 radical (unpaired) electrons. The molecule has 10 nitrogen and oxygen atoms in total. The third kappa shape index (κ3) is 4.97. The van der Waals surface area contributed by atoms with Crippen LogP contribution < -0.4 is 13.8 Å². The number of rotatable bonds is 8. The van der Waals surface area contributed by atoms with Crippen molar-refractivity contribution >= 4 is 64.6 Å². The predicted octanol–water partition coefficient (Wildman–Crippen LogP) is 6.74. The van der Waals surface area contributed by atoms with Gasteiger partial charge in [-0.3, -0.25) is 9.11 Å². The highest BCUT2D eigenvalue weighted by atomic mass is 32.2. The second-order valence-corrected chi connectivity index (χ2v) is 16.3. The number of benzene rings is 4. The first-order chi connectivity index (χ1) is 22.2. The minimum absolute atomic E-state index is 0.146. The van der Waals surface area contributed by atoms with Gasteiger partial charge in [-0.15, -0.1) is 0 Å². The molecule has 12 heteroatoms. The van der Waals surface area contributed by atoms with Crippen molar-refractivity contribution in [1.82, 2.24) is 4.48 Å². The Bertz CT molecular complexity index is 2380. The van der Waals surface area contributed by atoms with Crippen LogP contribution in [0.25, 0.3) is 38.7 Å². The fourth-order valence-corrected chi connectivity index (χ4v) is 8.30. The standard InChI is InChI=1S/C35H34N2O8S2/c1-4-24(17-33-36(15-13-23(2)46(38,39)40)29-19-25-9-5-7-11-27(25)21-31(29)44-33)18-34-37(16-14-35(37,3)47(41,42)43)30-20-26-10-6-8-12-28(26)22-32(30)45-34/h5-12,17-23H,4,13-16H2,1-3H3/p+2. The summed E-state index contributed by atoms with van der Waals surface area (Å²) in [6, 6.07) is 23.4. The number of quaternary nitrogens is 1. The maximum Gasteiger partial charge on any atom is 0.374 e. The number of oxazole rings is 1. The molecule has 47 heavy (non-hydrogen) atoms. The molecule has 0 bridgehead atoms. The number of hydrogen-bond donors (Lipinski definition) is 2. The SMILES string of the molecule is CCC(=Cc1oc2cc3ccccc3cc2[n+]1CCC(C)S(=O)(=O)O)C=C1Oc2cc3ccccc3cc2[N+]12CCC2(C)S(=O)(=O)O. The molecule has 3 unspecified atom stereocenters. The van der Waals surface area contributed by atoms with Crippen molar-refractivity contribution in [2.75, 3.05) is 6.54 Å². The summed E-state index contributed by atoms with van der Waals surface area (Å²) in [5.74, 6) is 1.37. The van der Waals surface area contributed by atoms with Gasteiger partial charge in [0.1, 0.15) is 0 Å². The Kier molecular flexibility index (Phi) is 7.37. The summed E-state index contributed by atoms with van der Waals surface area (Å²) in [5.41, 5.74) is 2.81. The number of allylic oxidation sites excluding steroid dienone is 2. The summed E-state index contributed by atoms with van der Waals surface area (Å²) in [7, 11) is -8.75. The summed E-state index contributed by atoms with van der Waals surface area (Å²) >= 11 is 0. The van der Waals surface area contributed by atoms with E-state index in [9.17, 15) is 25.9 Å². The zero-order valence-electron chi connectivity index (χ0n) is 26.3. The average molecular weight is 677 g/mol. The van der Waals surface area contributed by atoms with E-state index in [1.54, 1.807) is 6.92 Å². The van der Waals surface area contributed by atoms with E-state index in [2.05, 4.69) is 0 Å². The first-order valence-corrected chi connectivity index (χ1v) is 18.5. The van der Waals surface area contributed by atoms with Crippen LogP contribution in [0.1, 0.15) is 45.9 Å². The van der Waals surface area contributed by atoms with Crippen molar-refractivity contribution in [3.63, 3.8) is 0 Å². The predicted molar refractivity (Wildman–Crippen MR) is 182 cm³/mol. The number of aromatic nitrogens is 1. The van der Waals surface area contributed by atoms with Crippen LogP contribution in [0.4, 0.5) is 5.69 Å². The van der Waals surface area contributed by atoms with Gasteiger partial charge in [0.15, 0.2) is 18.0 Å². The van der Waals surface area contributed by atoms with Gasteiger partial charge in [-0.2, -0.15) is 21.4 Å². The molecule has 1 spiro atoms. The second-order valence-electron chi connectivity index (χ2n) is 12.6. The van der Waals surface area contributed by atoms with Crippen molar-refractivity contribution in [2.45, 2.75) is 56.7 Å². The van der Waals surface area contributed by atoms with Crippen LogP contribution in [0.2, 0.25) is 0 Å². The lowest BCUT2D eigenvalue weighted by Crippen LogP contribution is -2.75. The van der Waals surface area contributed by atoms with Crippen LogP contribution in [0, 0.1) is 0 Å². The van der Waals surface area contributed by atoms with Crippen molar-refractivity contribution in [3.8, 4) is 5.75 Å². The Morgan fingerprint density at radius 2 is 1.60 bits per heavy atom. The summed E-state index contributed by atoms with van der Waals surface area (Å²) in [4.78, 5) is -1.56. The smallest absolute Gasteiger partial charge is 0.374 e. The third-order valence-electron chi connectivity index (χ3n) is 10.00. The summed E-state index contributed by atoms with van der Waals surface area (Å²) < 4.78 is 84.4. The quantitative estimate of drug-likeness (QED) is 0.105. The molecule has 7 rings (SSSR count). The van der Waals surface area contributed by atoms with Crippen LogP contribution >= 0.6 is 0 Å². The molecule has 2 aliphatic heterocycles. The molecule has 244 valence electrons. The van der Waals surface area contributed by atoms with Crippen LogP contribution in [0.15, 0.2) is 94.7 Å². The minimum atomic E-state index is -4.52. The van der Waals surface area contributed by atoms with Gasteiger partial charge in [-0.1, -0.05) is 55.5 Å². The number of fused-ring (bicyclic) bond motifs is 5. The highest BCUT2D eigenvalue weighted by Gasteiger charge is 2.72. The summed E-state index contributed by atoms with van der Waals surface area (Å²) in [6.45, 7) is 5.64. The number of nitrogens with zero attached hydrogens (tertiary/aromatic N) is 2. The van der Waals surface area contributed by atoms with Crippen molar-refractivity contribution < 1.29 is 39.7 Å². The Balaban J connectivity index is 1.39. The van der Waals surface area contributed by atoms with Gasteiger partial charge in [0.05, 0.1) is 24.3 Å². The summed E-state index contributed by atoms with van der Waals surface area (Å²) in [5, 5.41) is 2.86. The van der Waals surface area contributed by atoms with Gasteiger partial charge in [0.2, 0.25) is 10.5 Å². The lowest BCUT2D eigenvalue weighted by atomic mass is 9.95. The van der Waals surface area contributed by atoms with Gasteiger partial charge in [-0.05, 0) is 52.6 Å². The van der Waals surface area contributed by atoms with E-state index in [-0.39, 0.29) is 23.9 Å². The second kappa shape index (κ2) is 11.0. The molecule has 3 heterocycles. The zero-order chi connectivity index (χ0) is 33.4. The van der Waals surface area contributed by atoms with Crippen LogP contribution in [-0.2, 0) is 26.8 Å². The molecular weight excluding hydrogens is 641 g/mol. The first-order valence-electron chi connectivity index (χ1n) is 15.6. The zero-order valence-corrected chi connectivity index (χ0v) is 27.9. The van der Waals surface area contributed by atoms with Crippen molar-refractivity contribution in [2.24, 2.45) is 0 Å². The fraction of sp³-hybridized carbons (Fsp3) is 0.286. The van der Waals surface area contributed by atoms with Gasteiger partial charge < -0.3 is 9.15 Å². The largest absolute Gasteiger partial charge is 0.406 e. The van der Waals surface area contributed by atoms with Crippen molar-refractivity contribution in [1.29, 1.82) is 0 Å². The van der Waals surface area contributed by atoms with E-state index in [0.29, 0.717) is 41.8 Å². The Hall–Kier alpha value is -4.07. The monoisotopic (exact) mass is 676 g/mol. The molecular formula is C35H36N2O8S2+2. The molecule has 4 aromatic carbocycles. The average Bonchev–Trinajstić information content (AvgIpc) is 3.53. The molecule has 2 N–H and O–H groups in total. The molecule has 0 saturated carbocycles. The van der Waals surface area contributed by atoms with Crippen LogP contribution in [0.5, 0.6) is 5.75 Å². The van der Waals surface area contributed by atoms with Gasteiger partial charge in [-0.25, -0.2) is 4.48 Å². The van der Waals surface area contributed by atoms with Crippen LogP contribution in [0.3, 0.4) is 0 Å². The Labute approximate surface area is 273 Å². The summed E-state index contributed by atoms with van der Waals surface area (Å²) in [6.07, 6.45) is 4.58. The van der Waals surface area contributed by atoms with E-state index in [1.807, 2.05) is 96.4 Å². The molecule has 1 fully saturated rings. The number of hydrogen-bond acceptors (Lipinski definition) is 6. The first kappa shape index (κ1) is 31.5. The molecule has 1 aromatic heterocycles. The van der Waals surface area contributed by atoms with Crippen LogP contribution in [-0.4, -0.2) is 42.6 Å². The fourth-order valence-electron chi connectivity index (χ4n) is 6.88. The normalized spacial score (nSPS) is 23.0. The number of ether oxygens (including phenoxy) is 1. The maximum atomic E-state index is 13.0. The lowest BCUT2D eigenvalue weighted by molar-refractivity contribution is -0.678. The highest BCUT2D eigenvalue weighted by Crippen LogP contribution is 2.59. The van der Waals surface area contributed by atoms with E-state index >= 15 is 0 Å². The molecule has 0 aliphatic carbocycles. The van der Waals surface area contributed by atoms with Gasteiger partial charge in [0.25, 0.3) is 15.6 Å². The molecule has 2 aliphatic rings. The van der Waals surface area contributed by atoms with E-state index in [1.165, 1.54) is 6.92 Å². The Morgan fingerprint density at radius 3 is 2.17 bits per heavy atom. The van der Waals surface area contributed by atoms with E-state index < -0.39 is 30.4 Å². The molecule has 3 atom stereocenters. The van der Waals surface area contributed by atoms with Gasteiger partial charge >= 0.3 is 21.9 Å². The molecule has 1 saturated heterocycles. The lowest BCUT2D eigenvalue weighted by Gasteiger charge is -2.52. The van der Waals surface area contributed by atoms with Crippen molar-refractivity contribution in [3.05, 3.63) is 96.2 Å². The van der Waals surface area contributed by atoms with E-state index in [4.69, 9.17) is 9.15 Å². The maximum absolute atomic E-state index is 13.0. The third-order valence-corrected chi connectivity index (χ3v) is 12.9. The minimum Gasteiger partial charge on any atom is -0.406 e. The molecule has 5 aromatic rings. The number of aryl methyl sites for hydroxylation is 1. The highest BCUT2D eigenvalue weighted by molar-refractivity contribution is 7.87. The molecule has 0 amide bonds. The Morgan fingerprint density at radius 1 is 0.979 bits per heavy atom. The topological polar surface area (TPSA) is 135 Å². The van der Waals surface area contributed by atoms with E-state index in [0.717, 1.165) is 32.6 Å².